The Hall–Kier alpha value is -2.72. The Morgan fingerprint density at radius 1 is 1.12 bits per heavy atom. The molecule has 0 radical (unpaired) electrons. The highest BCUT2D eigenvalue weighted by atomic mass is 79.9. The molecule has 4 nitrogen and oxygen atoms in total. The van der Waals surface area contributed by atoms with Gasteiger partial charge in [0.25, 0.3) is 0 Å². The van der Waals surface area contributed by atoms with Crippen molar-refractivity contribution in [1.29, 1.82) is 5.26 Å². The van der Waals surface area contributed by atoms with Gasteiger partial charge in [-0.3, -0.25) is 9.69 Å². The highest BCUT2D eigenvalue weighted by Gasteiger charge is 2.42. The second-order valence-corrected chi connectivity index (χ2v) is 9.46. The van der Waals surface area contributed by atoms with Gasteiger partial charge in [-0.05, 0) is 59.2 Å². The van der Waals surface area contributed by atoms with E-state index in [2.05, 4.69) is 26.9 Å². The molecule has 1 saturated heterocycles. The van der Waals surface area contributed by atoms with Gasteiger partial charge in [-0.15, -0.1) is 0 Å². The summed E-state index contributed by atoms with van der Waals surface area (Å²) >= 11 is 9.42. The normalized spacial score (nSPS) is 15.8. The highest BCUT2D eigenvalue weighted by molar-refractivity contribution is 9.10. The van der Waals surface area contributed by atoms with E-state index < -0.39 is 11.7 Å². The SMILES string of the molecule is COC(=O)[C@@H](c1cc(F)cc(Br)c1)C1CN([C@@H](c2ccc(Cl)cc2)c2cccc(C#N)c2)C1. The van der Waals surface area contributed by atoms with E-state index in [1.807, 2.05) is 42.5 Å². The van der Waals surface area contributed by atoms with Crippen molar-refractivity contribution >= 4 is 33.5 Å². The molecule has 168 valence electrons. The number of methoxy groups -OCH3 is 1. The number of hydrogen-bond acceptors (Lipinski definition) is 4. The van der Waals surface area contributed by atoms with Crippen LogP contribution < -0.4 is 0 Å². The number of nitrogens with zero attached hydrogens (tertiary/aromatic N) is 2. The molecule has 4 rings (SSSR count). The van der Waals surface area contributed by atoms with Crippen LogP contribution in [0.15, 0.2) is 71.2 Å². The van der Waals surface area contributed by atoms with Crippen molar-refractivity contribution in [2.24, 2.45) is 5.92 Å². The minimum Gasteiger partial charge on any atom is -0.469 e. The maximum Gasteiger partial charge on any atom is 0.313 e. The fourth-order valence-electron chi connectivity index (χ4n) is 4.49. The molecule has 0 spiro atoms. The van der Waals surface area contributed by atoms with E-state index in [0.29, 0.717) is 33.7 Å². The molecule has 0 N–H and O–H groups in total. The zero-order valence-corrected chi connectivity index (χ0v) is 20.2. The summed E-state index contributed by atoms with van der Waals surface area (Å²) in [5.41, 5.74) is 3.20. The summed E-state index contributed by atoms with van der Waals surface area (Å²) in [4.78, 5) is 14.9. The van der Waals surface area contributed by atoms with Crippen LogP contribution in [-0.4, -0.2) is 31.1 Å². The van der Waals surface area contributed by atoms with Gasteiger partial charge in [0.1, 0.15) is 5.82 Å². The van der Waals surface area contributed by atoms with E-state index in [-0.39, 0.29) is 17.9 Å². The number of nitriles is 1. The van der Waals surface area contributed by atoms with E-state index in [1.54, 1.807) is 12.1 Å². The predicted octanol–water partition coefficient (Wildman–Crippen LogP) is 6.09. The molecule has 0 amide bonds. The Morgan fingerprint density at radius 2 is 1.85 bits per heavy atom. The van der Waals surface area contributed by atoms with Crippen LogP contribution in [0.3, 0.4) is 0 Å². The van der Waals surface area contributed by atoms with E-state index in [9.17, 15) is 14.4 Å². The summed E-state index contributed by atoms with van der Waals surface area (Å²) in [6.45, 7) is 1.22. The van der Waals surface area contributed by atoms with Crippen molar-refractivity contribution in [2.45, 2.75) is 12.0 Å². The van der Waals surface area contributed by atoms with Crippen LogP contribution in [0.25, 0.3) is 0 Å². The Labute approximate surface area is 205 Å². The smallest absolute Gasteiger partial charge is 0.313 e. The molecule has 3 aromatic carbocycles. The predicted molar refractivity (Wildman–Crippen MR) is 128 cm³/mol. The zero-order chi connectivity index (χ0) is 23.5. The quantitative estimate of drug-likeness (QED) is 0.364. The molecule has 0 aromatic heterocycles. The third-order valence-corrected chi connectivity index (χ3v) is 6.70. The summed E-state index contributed by atoms with van der Waals surface area (Å²) in [5, 5.41) is 10.0. The van der Waals surface area contributed by atoms with Crippen LogP contribution in [0.5, 0.6) is 0 Å². The van der Waals surface area contributed by atoms with Crippen LogP contribution in [0, 0.1) is 23.1 Å². The van der Waals surface area contributed by atoms with Gasteiger partial charge in [-0.25, -0.2) is 4.39 Å². The highest BCUT2D eigenvalue weighted by Crippen LogP contribution is 2.41. The molecule has 1 aliphatic heterocycles. The molecule has 1 fully saturated rings. The molecule has 1 heterocycles. The second-order valence-electron chi connectivity index (χ2n) is 8.11. The Kier molecular flexibility index (Phi) is 7.14. The van der Waals surface area contributed by atoms with Crippen LogP contribution >= 0.6 is 27.5 Å². The fraction of sp³-hybridized carbons (Fsp3) is 0.231. The van der Waals surface area contributed by atoms with Gasteiger partial charge in [0.2, 0.25) is 0 Å². The number of carbonyl (C=O) groups excluding carboxylic acids is 1. The first kappa shape index (κ1) is 23.4. The van der Waals surface area contributed by atoms with Crippen molar-refractivity contribution in [2.75, 3.05) is 20.2 Å². The standard InChI is InChI=1S/C26H21BrClFN2O2/c1-33-26(32)24(19-10-21(27)12-23(29)11-19)20-14-31(15-20)25(17-5-7-22(28)8-6-17)18-4-2-3-16(9-18)13-30/h2-12,20,24-25H,14-15H2,1H3/t24-,25-/m0/s1. The lowest BCUT2D eigenvalue weighted by Crippen LogP contribution is -2.52. The first-order valence-electron chi connectivity index (χ1n) is 10.4. The lowest BCUT2D eigenvalue weighted by atomic mass is 9.79. The van der Waals surface area contributed by atoms with E-state index in [0.717, 1.165) is 11.1 Å². The third-order valence-electron chi connectivity index (χ3n) is 5.99. The minimum atomic E-state index is -0.574. The number of esters is 1. The summed E-state index contributed by atoms with van der Waals surface area (Å²) in [6.07, 6.45) is 0. The monoisotopic (exact) mass is 526 g/mol. The molecule has 0 aliphatic carbocycles. The molecule has 0 bridgehead atoms. The Balaban J connectivity index is 1.65. The van der Waals surface area contributed by atoms with Crippen molar-refractivity contribution in [1.82, 2.24) is 4.90 Å². The molecule has 0 unspecified atom stereocenters. The Bertz CT molecular complexity index is 1190. The average molecular weight is 528 g/mol. The van der Waals surface area contributed by atoms with Gasteiger partial charge in [-0.2, -0.15) is 5.26 Å². The molecular formula is C26H21BrClFN2O2. The molecule has 33 heavy (non-hydrogen) atoms. The third kappa shape index (κ3) is 5.11. The van der Waals surface area contributed by atoms with E-state index >= 15 is 0 Å². The summed E-state index contributed by atoms with van der Waals surface area (Å²) in [6, 6.07) is 21.8. The van der Waals surface area contributed by atoms with Crippen LogP contribution in [0.4, 0.5) is 4.39 Å². The summed E-state index contributed by atoms with van der Waals surface area (Å²) in [5.74, 6) is -1.40. The van der Waals surface area contributed by atoms with Gasteiger partial charge in [-0.1, -0.05) is 51.8 Å². The van der Waals surface area contributed by atoms with E-state index in [1.165, 1.54) is 19.2 Å². The average Bonchev–Trinajstić information content (AvgIpc) is 2.77. The van der Waals surface area contributed by atoms with Crippen molar-refractivity contribution in [3.8, 4) is 6.07 Å². The maximum atomic E-state index is 14.1. The van der Waals surface area contributed by atoms with Crippen LogP contribution in [0.2, 0.25) is 5.02 Å². The topological polar surface area (TPSA) is 53.3 Å². The summed E-state index contributed by atoms with van der Waals surface area (Å²) < 4.78 is 19.7. The van der Waals surface area contributed by atoms with Gasteiger partial charge >= 0.3 is 5.97 Å². The first-order valence-corrected chi connectivity index (χ1v) is 11.6. The molecule has 1 aliphatic rings. The van der Waals surface area contributed by atoms with Crippen molar-refractivity contribution < 1.29 is 13.9 Å². The molecular weight excluding hydrogens is 507 g/mol. The van der Waals surface area contributed by atoms with Gasteiger partial charge in [0.15, 0.2) is 0 Å². The number of benzene rings is 3. The molecule has 7 heteroatoms. The molecule has 2 atom stereocenters. The van der Waals surface area contributed by atoms with Crippen LogP contribution in [-0.2, 0) is 9.53 Å². The van der Waals surface area contributed by atoms with Crippen LogP contribution in [0.1, 0.15) is 34.2 Å². The van der Waals surface area contributed by atoms with E-state index in [4.69, 9.17) is 16.3 Å². The Morgan fingerprint density at radius 3 is 2.48 bits per heavy atom. The number of halogens is 3. The number of ether oxygens (including phenoxy) is 1. The van der Waals surface area contributed by atoms with Crippen molar-refractivity contribution in [3.63, 3.8) is 0 Å². The summed E-state index contributed by atoms with van der Waals surface area (Å²) in [7, 11) is 1.35. The first-order chi connectivity index (χ1) is 15.9. The maximum absolute atomic E-state index is 14.1. The van der Waals surface area contributed by atoms with Gasteiger partial charge in [0.05, 0.1) is 30.7 Å². The number of likely N-dealkylation sites (tertiary alicyclic amines) is 1. The lowest BCUT2D eigenvalue weighted by molar-refractivity contribution is -0.146. The molecule has 0 saturated carbocycles. The van der Waals surface area contributed by atoms with Crippen molar-refractivity contribution in [3.05, 3.63) is 104 Å². The second kappa shape index (κ2) is 10.0. The number of rotatable bonds is 6. The largest absolute Gasteiger partial charge is 0.469 e. The fourth-order valence-corrected chi connectivity index (χ4v) is 5.10. The number of hydrogen-bond donors (Lipinski definition) is 0. The number of carbonyl (C=O) groups is 1. The minimum absolute atomic E-state index is 0.0416. The van der Waals surface area contributed by atoms with Gasteiger partial charge in [0, 0.05) is 28.5 Å². The lowest BCUT2D eigenvalue weighted by Gasteiger charge is -2.47. The zero-order valence-electron chi connectivity index (χ0n) is 17.8. The molecule has 3 aromatic rings. The van der Waals surface area contributed by atoms with Gasteiger partial charge < -0.3 is 4.74 Å².